The van der Waals surface area contributed by atoms with Crippen molar-refractivity contribution in [1.82, 2.24) is 4.90 Å². The molecule has 0 heterocycles. The Balaban J connectivity index is 1.77. The molecule has 8 heteroatoms. The summed E-state index contributed by atoms with van der Waals surface area (Å²) < 4.78 is 10.6. The number of unbranched alkanes of at least 4 members (excludes halogenated alkanes) is 1. The summed E-state index contributed by atoms with van der Waals surface area (Å²) in [4.78, 5) is 37.5. The van der Waals surface area contributed by atoms with Gasteiger partial charge in [0.25, 0.3) is 5.91 Å². The molecule has 2 aromatic rings. The topological polar surface area (TPSA) is 84.9 Å². The van der Waals surface area contributed by atoms with Crippen LogP contribution in [-0.4, -0.2) is 49.5 Å². The SMILES string of the molecule is CCCCOc1ccc(C(=O)OCC(=O)N(C)CC(=O)Nc2ccccc2Cl)cc1. The number of esters is 1. The highest BCUT2D eigenvalue weighted by Crippen LogP contribution is 2.20. The molecule has 160 valence electrons. The first-order valence-electron chi connectivity index (χ1n) is 9.59. The fourth-order valence-corrected chi connectivity index (χ4v) is 2.58. The number of rotatable bonds is 10. The van der Waals surface area contributed by atoms with Crippen LogP contribution in [0.15, 0.2) is 48.5 Å². The molecule has 0 radical (unpaired) electrons. The monoisotopic (exact) mass is 432 g/mol. The zero-order chi connectivity index (χ0) is 21.9. The van der Waals surface area contributed by atoms with Crippen LogP contribution in [0, 0.1) is 0 Å². The van der Waals surface area contributed by atoms with Gasteiger partial charge in [-0.2, -0.15) is 0 Å². The lowest BCUT2D eigenvalue weighted by Crippen LogP contribution is -2.37. The van der Waals surface area contributed by atoms with Gasteiger partial charge in [-0.05, 0) is 42.8 Å². The van der Waals surface area contributed by atoms with E-state index in [1.54, 1.807) is 48.5 Å². The van der Waals surface area contributed by atoms with Crippen molar-refractivity contribution >= 4 is 35.1 Å². The van der Waals surface area contributed by atoms with Gasteiger partial charge in [0.05, 0.1) is 29.4 Å². The summed E-state index contributed by atoms with van der Waals surface area (Å²) in [5.74, 6) is -0.876. The number of hydrogen-bond acceptors (Lipinski definition) is 5. The highest BCUT2D eigenvalue weighted by atomic mass is 35.5. The number of nitrogens with zero attached hydrogens (tertiary/aromatic N) is 1. The van der Waals surface area contributed by atoms with Gasteiger partial charge in [-0.3, -0.25) is 9.59 Å². The fraction of sp³-hybridized carbons (Fsp3) is 0.318. The highest BCUT2D eigenvalue weighted by molar-refractivity contribution is 6.33. The number of hydrogen-bond donors (Lipinski definition) is 1. The lowest BCUT2D eigenvalue weighted by Gasteiger charge is -2.17. The number of likely N-dealkylation sites (N-methyl/N-ethyl adjacent to an activating group) is 1. The minimum Gasteiger partial charge on any atom is -0.494 e. The van der Waals surface area contributed by atoms with Gasteiger partial charge in [0.2, 0.25) is 5.91 Å². The van der Waals surface area contributed by atoms with E-state index >= 15 is 0 Å². The van der Waals surface area contributed by atoms with Crippen molar-refractivity contribution in [2.75, 3.05) is 32.1 Å². The van der Waals surface area contributed by atoms with E-state index < -0.39 is 24.4 Å². The van der Waals surface area contributed by atoms with E-state index in [1.165, 1.54) is 11.9 Å². The molecule has 0 aliphatic heterocycles. The van der Waals surface area contributed by atoms with E-state index in [0.29, 0.717) is 28.6 Å². The molecule has 2 rings (SSSR count). The average Bonchev–Trinajstić information content (AvgIpc) is 2.74. The minimum absolute atomic E-state index is 0.203. The predicted octanol–water partition coefficient (Wildman–Crippen LogP) is 3.77. The molecule has 0 saturated carbocycles. The number of nitrogens with one attached hydrogen (secondary N) is 1. The first-order chi connectivity index (χ1) is 14.4. The van der Waals surface area contributed by atoms with Crippen molar-refractivity contribution in [3.05, 3.63) is 59.1 Å². The molecule has 2 aromatic carbocycles. The summed E-state index contributed by atoms with van der Waals surface area (Å²) in [5.41, 5.74) is 0.767. The zero-order valence-corrected chi connectivity index (χ0v) is 17.8. The van der Waals surface area contributed by atoms with Crippen LogP contribution in [0.2, 0.25) is 5.02 Å². The van der Waals surface area contributed by atoms with E-state index in [9.17, 15) is 14.4 Å². The molecule has 1 N–H and O–H groups in total. The first-order valence-corrected chi connectivity index (χ1v) is 9.96. The van der Waals surface area contributed by atoms with Crippen molar-refractivity contribution < 1.29 is 23.9 Å². The maximum atomic E-state index is 12.2. The quantitative estimate of drug-likeness (QED) is 0.456. The number of carbonyl (C=O) groups excluding carboxylic acids is 3. The third kappa shape index (κ3) is 7.40. The number of carbonyl (C=O) groups is 3. The second-order valence-corrected chi connectivity index (χ2v) is 6.99. The number of para-hydroxylation sites is 1. The van der Waals surface area contributed by atoms with Crippen molar-refractivity contribution in [1.29, 1.82) is 0 Å². The van der Waals surface area contributed by atoms with Crippen LogP contribution >= 0.6 is 11.6 Å². The molecule has 0 aromatic heterocycles. The van der Waals surface area contributed by atoms with Crippen LogP contribution in [0.3, 0.4) is 0 Å². The smallest absolute Gasteiger partial charge is 0.338 e. The Bertz CT molecular complexity index is 870. The van der Waals surface area contributed by atoms with Gasteiger partial charge in [0.1, 0.15) is 5.75 Å². The van der Waals surface area contributed by atoms with Crippen LogP contribution < -0.4 is 10.1 Å². The molecule has 0 aliphatic rings. The minimum atomic E-state index is -0.627. The molecule has 0 saturated heterocycles. The summed E-state index contributed by atoms with van der Waals surface area (Å²) in [6.07, 6.45) is 1.99. The standard InChI is InChI=1S/C22H25ClN2O5/c1-3-4-13-29-17-11-9-16(10-12-17)22(28)30-15-21(27)25(2)14-20(26)24-19-8-6-5-7-18(19)23/h5-12H,3-4,13-15H2,1-2H3,(H,24,26). The van der Waals surface area contributed by atoms with Gasteiger partial charge in [-0.15, -0.1) is 0 Å². The molecule has 0 spiro atoms. The summed E-state index contributed by atoms with van der Waals surface area (Å²) in [6, 6.07) is 13.3. The Labute approximate surface area is 180 Å². The van der Waals surface area contributed by atoms with E-state index in [1.807, 2.05) is 0 Å². The van der Waals surface area contributed by atoms with E-state index in [4.69, 9.17) is 21.1 Å². The van der Waals surface area contributed by atoms with Gasteiger partial charge in [-0.1, -0.05) is 37.1 Å². The molecule has 7 nitrogen and oxygen atoms in total. The lowest BCUT2D eigenvalue weighted by atomic mass is 10.2. The molecule has 0 aliphatic carbocycles. The second kappa shape index (κ2) is 11.8. The molecular formula is C22H25ClN2O5. The van der Waals surface area contributed by atoms with Gasteiger partial charge >= 0.3 is 5.97 Å². The first kappa shape index (κ1) is 23.2. The maximum Gasteiger partial charge on any atom is 0.338 e. The van der Waals surface area contributed by atoms with Crippen LogP contribution in [-0.2, 0) is 14.3 Å². The number of halogens is 1. The molecule has 0 atom stereocenters. The van der Waals surface area contributed by atoms with Gasteiger partial charge in [0, 0.05) is 7.05 Å². The van der Waals surface area contributed by atoms with Gasteiger partial charge in [0.15, 0.2) is 6.61 Å². The molecular weight excluding hydrogens is 408 g/mol. The van der Waals surface area contributed by atoms with E-state index in [0.717, 1.165) is 12.8 Å². The molecule has 30 heavy (non-hydrogen) atoms. The van der Waals surface area contributed by atoms with Crippen LogP contribution in [0.5, 0.6) is 5.75 Å². The largest absolute Gasteiger partial charge is 0.494 e. The Morgan fingerprint density at radius 1 is 1.07 bits per heavy atom. The highest BCUT2D eigenvalue weighted by Gasteiger charge is 2.16. The summed E-state index contributed by atoms with van der Waals surface area (Å²) >= 11 is 5.99. The summed E-state index contributed by atoms with van der Waals surface area (Å²) in [7, 11) is 1.45. The maximum absolute atomic E-state index is 12.2. The van der Waals surface area contributed by atoms with Crippen molar-refractivity contribution in [2.24, 2.45) is 0 Å². The number of benzene rings is 2. The Hall–Kier alpha value is -3.06. The fourth-order valence-electron chi connectivity index (χ4n) is 2.40. The third-order valence-electron chi connectivity index (χ3n) is 4.14. The Kier molecular flexibility index (Phi) is 9.15. The van der Waals surface area contributed by atoms with Crippen molar-refractivity contribution in [3.63, 3.8) is 0 Å². The lowest BCUT2D eigenvalue weighted by molar-refractivity contribution is -0.136. The molecule has 2 amide bonds. The second-order valence-electron chi connectivity index (χ2n) is 6.58. The zero-order valence-electron chi connectivity index (χ0n) is 17.0. The van der Waals surface area contributed by atoms with Crippen LogP contribution in [0.25, 0.3) is 0 Å². The van der Waals surface area contributed by atoms with Crippen LogP contribution in [0.1, 0.15) is 30.1 Å². The average molecular weight is 433 g/mol. The summed E-state index contributed by atoms with van der Waals surface area (Å²) in [5, 5.41) is 3.02. The normalized spacial score (nSPS) is 10.2. The summed E-state index contributed by atoms with van der Waals surface area (Å²) in [6.45, 7) is 2.02. The van der Waals surface area contributed by atoms with Crippen LogP contribution in [0.4, 0.5) is 5.69 Å². The van der Waals surface area contributed by atoms with Crippen molar-refractivity contribution in [2.45, 2.75) is 19.8 Å². The van der Waals surface area contributed by atoms with Gasteiger partial charge < -0.3 is 19.7 Å². The Morgan fingerprint density at radius 2 is 1.77 bits per heavy atom. The van der Waals surface area contributed by atoms with E-state index in [-0.39, 0.29) is 6.54 Å². The van der Waals surface area contributed by atoms with Gasteiger partial charge in [-0.25, -0.2) is 4.79 Å². The number of anilines is 1. The number of ether oxygens (including phenoxy) is 2. The predicted molar refractivity (Wildman–Crippen MR) is 115 cm³/mol. The third-order valence-corrected chi connectivity index (χ3v) is 4.47. The number of amides is 2. The Morgan fingerprint density at radius 3 is 2.43 bits per heavy atom. The molecule has 0 unspecified atom stereocenters. The molecule has 0 fully saturated rings. The van der Waals surface area contributed by atoms with E-state index in [2.05, 4.69) is 12.2 Å². The molecule has 0 bridgehead atoms. The van der Waals surface area contributed by atoms with Crippen molar-refractivity contribution in [3.8, 4) is 5.75 Å².